The van der Waals surface area contributed by atoms with E-state index in [9.17, 15) is 0 Å². The van der Waals surface area contributed by atoms with Gasteiger partial charge in [0.15, 0.2) is 0 Å². The second-order valence-corrected chi connectivity index (χ2v) is 7.40. The highest BCUT2D eigenvalue weighted by atomic mass is 79.9. The zero-order valence-electron chi connectivity index (χ0n) is 11.5. The summed E-state index contributed by atoms with van der Waals surface area (Å²) in [7, 11) is 0. The molecule has 0 aliphatic carbocycles. The lowest BCUT2D eigenvalue weighted by atomic mass is 9.85. The van der Waals surface area contributed by atoms with Gasteiger partial charge < -0.3 is 0 Å². The van der Waals surface area contributed by atoms with Crippen LogP contribution in [0.4, 0.5) is 0 Å². The Kier molecular flexibility index (Phi) is 3.34. The van der Waals surface area contributed by atoms with Crippen LogP contribution in [0.5, 0.6) is 0 Å². The summed E-state index contributed by atoms with van der Waals surface area (Å²) in [6.07, 6.45) is 0. The van der Waals surface area contributed by atoms with Crippen LogP contribution in [-0.2, 0) is 5.41 Å². The number of fused-ring (bicyclic) bond motifs is 2. The van der Waals surface area contributed by atoms with Gasteiger partial charge in [0.1, 0.15) is 5.41 Å². The molecule has 0 bridgehead atoms. The second-order valence-electron chi connectivity index (χ2n) is 5.82. The summed E-state index contributed by atoms with van der Waals surface area (Å²) in [6, 6.07) is 15.0. The molecule has 20 heavy (non-hydrogen) atoms. The average molecular weight is 391 g/mol. The Morgan fingerprint density at radius 2 is 1.30 bits per heavy atom. The molecule has 0 heterocycles. The molecule has 0 fully saturated rings. The Labute approximate surface area is 136 Å². The lowest BCUT2D eigenvalue weighted by molar-refractivity contribution is 0.666. The maximum Gasteiger partial charge on any atom is 0.125 e. The number of hydrogen-bond acceptors (Lipinski definition) is 0. The highest BCUT2D eigenvalue weighted by Crippen LogP contribution is 2.40. The first-order valence-electron chi connectivity index (χ1n) is 6.55. The average Bonchev–Trinajstić information content (AvgIpc) is 2.43. The SMILES string of the molecule is [CH2+]C(C)(C)c1ccc2c(Br)c3ccccc3c(Br)c2c1. The second kappa shape index (κ2) is 4.78. The summed E-state index contributed by atoms with van der Waals surface area (Å²) in [6.45, 7) is 8.51. The molecular weight excluding hydrogens is 376 g/mol. The van der Waals surface area contributed by atoms with Crippen molar-refractivity contribution in [3.8, 4) is 0 Å². The van der Waals surface area contributed by atoms with Crippen LogP contribution in [0.1, 0.15) is 19.4 Å². The van der Waals surface area contributed by atoms with E-state index < -0.39 is 0 Å². The van der Waals surface area contributed by atoms with Gasteiger partial charge in [0.2, 0.25) is 0 Å². The van der Waals surface area contributed by atoms with Crippen LogP contribution in [0.3, 0.4) is 0 Å². The highest BCUT2D eigenvalue weighted by molar-refractivity contribution is 9.11. The van der Waals surface area contributed by atoms with E-state index in [-0.39, 0.29) is 5.41 Å². The zero-order chi connectivity index (χ0) is 14.5. The van der Waals surface area contributed by atoms with Crippen molar-refractivity contribution in [1.82, 2.24) is 0 Å². The summed E-state index contributed by atoms with van der Waals surface area (Å²) in [5, 5.41) is 4.91. The van der Waals surface area contributed by atoms with Crippen molar-refractivity contribution in [3.05, 3.63) is 63.9 Å². The van der Waals surface area contributed by atoms with E-state index in [1.807, 2.05) is 0 Å². The van der Waals surface area contributed by atoms with Crippen LogP contribution in [-0.4, -0.2) is 0 Å². The van der Waals surface area contributed by atoms with E-state index in [4.69, 9.17) is 0 Å². The predicted molar refractivity (Wildman–Crippen MR) is 95.2 cm³/mol. The molecule has 0 saturated carbocycles. The summed E-state index contributed by atoms with van der Waals surface area (Å²) >= 11 is 7.53. The Hall–Kier alpha value is -0.990. The molecule has 0 aromatic heterocycles. The van der Waals surface area contributed by atoms with E-state index in [0.717, 1.165) is 8.95 Å². The van der Waals surface area contributed by atoms with Gasteiger partial charge in [-0.15, -0.1) is 0 Å². The standard InChI is InChI=1S/C18H15Br2/c1-18(2,3)11-8-9-14-15(10-11)17(20)13-7-5-4-6-12(13)16(14)19/h4-10H,1H2,2-3H3/q+1. The van der Waals surface area contributed by atoms with Crippen molar-refractivity contribution in [3.63, 3.8) is 0 Å². The Morgan fingerprint density at radius 3 is 1.85 bits per heavy atom. The van der Waals surface area contributed by atoms with Gasteiger partial charge in [-0.05, 0) is 73.3 Å². The van der Waals surface area contributed by atoms with E-state index >= 15 is 0 Å². The molecular formula is C18H15Br2+. The Balaban J connectivity index is 2.47. The number of benzene rings is 3. The van der Waals surface area contributed by atoms with E-state index in [0.29, 0.717) is 0 Å². The van der Waals surface area contributed by atoms with Gasteiger partial charge in [-0.25, -0.2) is 0 Å². The summed E-state index contributed by atoms with van der Waals surface area (Å²) in [5.74, 6) is 0. The molecule has 0 unspecified atom stereocenters. The van der Waals surface area contributed by atoms with Crippen LogP contribution in [0, 0.1) is 6.92 Å². The molecule has 0 spiro atoms. The monoisotopic (exact) mass is 389 g/mol. The molecule has 3 aromatic rings. The first-order valence-corrected chi connectivity index (χ1v) is 8.13. The fourth-order valence-corrected chi connectivity index (χ4v) is 3.86. The first-order chi connectivity index (χ1) is 9.39. The number of halogens is 2. The highest BCUT2D eigenvalue weighted by Gasteiger charge is 2.22. The number of hydrogen-bond donors (Lipinski definition) is 0. The quantitative estimate of drug-likeness (QED) is 0.323. The molecule has 0 nitrogen and oxygen atoms in total. The molecule has 3 rings (SSSR count). The van der Waals surface area contributed by atoms with Gasteiger partial charge in [0.05, 0.1) is 6.92 Å². The topological polar surface area (TPSA) is 0 Å². The predicted octanol–water partition coefficient (Wildman–Crippen LogP) is 6.63. The summed E-state index contributed by atoms with van der Waals surface area (Å²) in [5.41, 5.74) is 1.15. The minimum Gasteiger partial charge on any atom is -0.0616 e. The van der Waals surface area contributed by atoms with Crippen LogP contribution in [0.25, 0.3) is 21.5 Å². The molecule has 3 aromatic carbocycles. The molecule has 0 radical (unpaired) electrons. The molecule has 100 valence electrons. The van der Waals surface area contributed by atoms with Crippen molar-refractivity contribution < 1.29 is 0 Å². The lowest BCUT2D eigenvalue weighted by Crippen LogP contribution is -2.11. The van der Waals surface area contributed by atoms with Crippen molar-refractivity contribution >= 4 is 53.4 Å². The fraction of sp³-hybridized carbons (Fsp3) is 0.167. The fourth-order valence-electron chi connectivity index (χ4n) is 2.49. The molecule has 0 N–H and O–H groups in total. The third-order valence-electron chi connectivity index (χ3n) is 3.67. The summed E-state index contributed by atoms with van der Waals surface area (Å²) < 4.78 is 2.30. The van der Waals surface area contributed by atoms with Crippen LogP contribution in [0.15, 0.2) is 51.4 Å². The van der Waals surface area contributed by atoms with Crippen LogP contribution in [0.2, 0.25) is 0 Å². The van der Waals surface area contributed by atoms with E-state index in [1.54, 1.807) is 0 Å². The Morgan fingerprint density at radius 1 is 0.800 bits per heavy atom. The van der Waals surface area contributed by atoms with Gasteiger partial charge in [-0.3, -0.25) is 0 Å². The van der Waals surface area contributed by atoms with E-state index in [2.05, 4.69) is 95.1 Å². The zero-order valence-corrected chi connectivity index (χ0v) is 14.7. The molecule has 0 aliphatic rings. The van der Waals surface area contributed by atoms with Gasteiger partial charge >= 0.3 is 0 Å². The van der Waals surface area contributed by atoms with Gasteiger partial charge in [-0.1, -0.05) is 36.4 Å². The van der Waals surface area contributed by atoms with Crippen LogP contribution < -0.4 is 0 Å². The van der Waals surface area contributed by atoms with Gasteiger partial charge in [0, 0.05) is 14.5 Å². The molecule has 0 atom stereocenters. The smallest absolute Gasteiger partial charge is 0.0616 e. The van der Waals surface area contributed by atoms with E-state index in [1.165, 1.54) is 27.1 Å². The van der Waals surface area contributed by atoms with Gasteiger partial charge in [0.25, 0.3) is 0 Å². The lowest BCUT2D eigenvalue weighted by Gasteiger charge is -2.15. The minimum atomic E-state index is -0.0915. The normalized spacial score (nSPS) is 12.2. The Bertz CT molecular complexity index is 811. The largest absolute Gasteiger partial charge is 0.125 e. The van der Waals surface area contributed by atoms with Crippen LogP contribution >= 0.6 is 31.9 Å². The molecule has 0 aliphatic heterocycles. The maximum atomic E-state index is 4.23. The van der Waals surface area contributed by atoms with Crippen molar-refractivity contribution in [2.75, 3.05) is 0 Å². The minimum absolute atomic E-state index is 0.0915. The van der Waals surface area contributed by atoms with Gasteiger partial charge in [-0.2, -0.15) is 0 Å². The first kappa shape index (κ1) is 14.0. The molecule has 0 amide bonds. The summed E-state index contributed by atoms with van der Waals surface area (Å²) in [4.78, 5) is 0. The third-order valence-corrected chi connectivity index (χ3v) is 5.38. The maximum absolute atomic E-state index is 4.23. The van der Waals surface area contributed by atoms with Crippen molar-refractivity contribution in [1.29, 1.82) is 0 Å². The number of rotatable bonds is 1. The van der Waals surface area contributed by atoms with Crippen molar-refractivity contribution in [2.45, 2.75) is 19.3 Å². The molecule has 0 saturated heterocycles. The third kappa shape index (κ3) is 2.15. The van der Waals surface area contributed by atoms with Crippen molar-refractivity contribution in [2.24, 2.45) is 0 Å². The molecule has 2 heteroatoms.